The summed E-state index contributed by atoms with van der Waals surface area (Å²) in [4.78, 5) is 18.1. The van der Waals surface area contributed by atoms with E-state index in [0.717, 1.165) is 5.69 Å². The number of nitrogens with one attached hydrogen (secondary N) is 1. The minimum Gasteiger partial charge on any atom is -0.482 e. The molecule has 7 nitrogen and oxygen atoms in total. The van der Waals surface area contributed by atoms with E-state index >= 15 is 0 Å². The van der Waals surface area contributed by atoms with Crippen molar-refractivity contribution in [1.82, 2.24) is 15.2 Å². The van der Waals surface area contributed by atoms with Crippen molar-refractivity contribution >= 4 is 15.7 Å². The molecule has 2 aliphatic rings. The van der Waals surface area contributed by atoms with E-state index in [2.05, 4.69) is 10.3 Å². The fourth-order valence-corrected chi connectivity index (χ4v) is 4.90. The van der Waals surface area contributed by atoms with E-state index in [9.17, 15) is 13.2 Å². The SMILES string of the molecule is Cc1ccc(OCC(=O)N2CCN[C@H]3CS(=O)(=O)C[C@H]32)cn1. The molecule has 1 aromatic heterocycles. The van der Waals surface area contributed by atoms with Crippen LogP contribution in [0.15, 0.2) is 18.3 Å². The molecule has 1 aromatic rings. The summed E-state index contributed by atoms with van der Waals surface area (Å²) in [5.74, 6) is 0.478. The lowest BCUT2D eigenvalue weighted by atomic mass is 10.1. The Balaban J connectivity index is 1.63. The van der Waals surface area contributed by atoms with Crippen molar-refractivity contribution in [1.29, 1.82) is 0 Å². The highest BCUT2D eigenvalue weighted by Crippen LogP contribution is 2.21. The number of sulfone groups is 1. The normalized spacial score (nSPS) is 26.5. The first kappa shape index (κ1) is 15.2. The third kappa shape index (κ3) is 3.22. The van der Waals surface area contributed by atoms with Gasteiger partial charge in [0.25, 0.3) is 5.91 Å². The summed E-state index contributed by atoms with van der Waals surface area (Å²) in [6, 6.07) is 3.12. The molecule has 2 aliphatic heterocycles. The van der Waals surface area contributed by atoms with E-state index in [1.165, 1.54) is 0 Å². The topological polar surface area (TPSA) is 88.6 Å². The third-order valence-electron chi connectivity index (χ3n) is 4.05. The molecule has 22 heavy (non-hydrogen) atoms. The Bertz CT molecular complexity index is 659. The molecular formula is C14H19N3O4S. The van der Waals surface area contributed by atoms with Gasteiger partial charge in [-0.05, 0) is 19.1 Å². The Morgan fingerprint density at radius 2 is 2.27 bits per heavy atom. The molecule has 0 bridgehead atoms. The van der Waals surface area contributed by atoms with Crippen LogP contribution in [0, 0.1) is 6.92 Å². The average molecular weight is 325 g/mol. The summed E-state index contributed by atoms with van der Waals surface area (Å²) in [6.45, 7) is 2.88. The molecule has 2 fully saturated rings. The predicted molar refractivity (Wildman–Crippen MR) is 80.4 cm³/mol. The summed E-state index contributed by atoms with van der Waals surface area (Å²) in [6.07, 6.45) is 1.57. The molecule has 0 aliphatic carbocycles. The van der Waals surface area contributed by atoms with Crippen LogP contribution >= 0.6 is 0 Å². The number of aromatic nitrogens is 1. The summed E-state index contributed by atoms with van der Waals surface area (Å²) in [5.41, 5.74) is 0.875. The van der Waals surface area contributed by atoms with Crippen LogP contribution in [-0.2, 0) is 14.6 Å². The van der Waals surface area contributed by atoms with E-state index in [1.807, 2.05) is 13.0 Å². The molecular weight excluding hydrogens is 306 g/mol. The average Bonchev–Trinajstić information content (AvgIpc) is 2.80. The van der Waals surface area contributed by atoms with Crippen molar-refractivity contribution in [2.45, 2.75) is 19.0 Å². The largest absolute Gasteiger partial charge is 0.482 e. The number of piperazine rings is 1. The quantitative estimate of drug-likeness (QED) is 0.796. The molecule has 2 atom stereocenters. The highest BCUT2D eigenvalue weighted by molar-refractivity contribution is 7.91. The van der Waals surface area contributed by atoms with Gasteiger partial charge >= 0.3 is 0 Å². The van der Waals surface area contributed by atoms with Gasteiger partial charge in [-0.3, -0.25) is 9.78 Å². The second-order valence-corrected chi connectivity index (χ2v) is 7.87. The van der Waals surface area contributed by atoms with Gasteiger partial charge < -0.3 is 15.0 Å². The second kappa shape index (κ2) is 5.85. The van der Waals surface area contributed by atoms with Gasteiger partial charge in [-0.25, -0.2) is 8.42 Å². The Labute approximate surface area is 129 Å². The van der Waals surface area contributed by atoms with Crippen LogP contribution < -0.4 is 10.1 Å². The Kier molecular flexibility index (Phi) is 4.05. The number of amides is 1. The maximum absolute atomic E-state index is 12.3. The smallest absolute Gasteiger partial charge is 0.260 e. The standard InChI is InChI=1S/C14H19N3O4S/c1-10-2-3-11(6-16-10)21-7-14(18)17-5-4-15-12-8-22(19,20)9-13(12)17/h2-3,6,12-13,15H,4-5,7-9H2,1H3/t12-,13+/m0/s1. The molecule has 0 aromatic carbocycles. The lowest BCUT2D eigenvalue weighted by molar-refractivity contribution is -0.136. The number of fused-ring (bicyclic) bond motifs is 1. The number of hydrogen-bond acceptors (Lipinski definition) is 6. The minimum absolute atomic E-state index is 0.0303. The maximum Gasteiger partial charge on any atom is 0.260 e. The van der Waals surface area contributed by atoms with Crippen LogP contribution in [-0.4, -0.2) is 67.5 Å². The van der Waals surface area contributed by atoms with E-state index in [-0.39, 0.29) is 36.1 Å². The number of hydrogen-bond donors (Lipinski definition) is 1. The van der Waals surface area contributed by atoms with Gasteiger partial charge in [0.15, 0.2) is 16.4 Å². The first-order valence-electron chi connectivity index (χ1n) is 7.23. The van der Waals surface area contributed by atoms with Crippen LogP contribution in [0.4, 0.5) is 0 Å². The van der Waals surface area contributed by atoms with Gasteiger partial charge in [-0.2, -0.15) is 0 Å². The van der Waals surface area contributed by atoms with Crippen molar-refractivity contribution in [3.8, 4) is 5.75 Å². The van der Waals surface area contributed by atoms with Crippen molar-refractivity contribution in [3.05, 3.63) is 24.0 Å². The van der Waals surface area contributed by atoms with Gasteiger partial charge in [0.05, 0.1) is 23.7 Å². The van der Waals surface area contributed by atoms with E-state index in [0.29, 0.717) is 18.8 Å². The lowest BCUT2D eigenvalue weighted by Gasteiger charge is -2.37. The highest BCUT2D eigenvalue weighted by atomic mass is 32.2. The second-order valence-electron chi connectivity index (χ2n) is 5.72. The Hall–Kier alpha value is -1.67. The number of pyridine rings is 1. The molecule has 2 saturated heterocycles. The van der Waals surface area contributed by atoms with Gasteiger partial charge in [-0.15, -0.1) is 0 Å². The monoisotopic (exact) mass is 325 g/mol. The summed E-state index contributed by atoms with van der Waals surface area (Å²) in [7, 11) is -3.07. The van der Waals surface area contributed by atoms with Gasteiger partial charge in [-0.1, -0.05) is 0 Å². The van der Waals surface area contributed by atoms with Gasteiger partial charge in [0.2, 0.25) is 0 Å². The van der Waals surface area contributed by atoms with E-state index in [4.69, 9.17) is 4.74 Å². The van der Waals surface area contributed by atoms with E-state index < -0.39 is 9.84 Å². The Morgan fingerprint density at radius 3 is 3.00 bits per heavy atom. The number of carbonyl (C=O) groups is 1. The minimum atomic E-state index is -3.07. The van der Waals surface area contributed by atoms with Crippen molar-refractivity contribution in [2.24, 2.45) is 0 Å². The molecule has 0 spiro atoms. The van der Waals surface area contributed by atoms with Crippen LogP contribution in [0.25, 0.3) is 0 Å². The van der Waals surface area contributed by atoms with Crippen molar-refractivity contribution in [2.75, 3.05) is 31.2 Å². The zero-order valence-corrected chi connectivity index (χ0v) is 13.2. The molecule has 8 heteroatoms. The first-order valence-corrected chi connectivity index (χ1v) is 9.05. The third-order valence-corrected chi connectivity index (χ3v) is 5.77. The molecule has 3 heterocycles. The van der Waals surface area contributed by atoms with Gasteiger partial charge in [0, 0.05) is 24.8 Å². The summed E-state index contributed by atoms with van der Waals surface area (Å²) < 4.78 is 29.0. The fraction of sp³-hybridized carbons (Fsp3) is 0.571. The van der Waals surface area contributed by atoms with Crippen molar-refractivity contribution < 1.29 is 17.9 Å². The number of ether oxygens (including phenoxy) is 1. The first-order chi connectivity index (χ1) is 10.4. The van der Waals surface area contributed by atoms with Crippen molar-refractivity contribution in [3.63, 3.8) is 0 Å². The van der Waals surface area contributed by atoms with Crippen LogP contribution in [0.3, 0.4) is 0 Å². The zero-order valence-electron chi connectivity index (χ0n) is 12.4. The molecule has 0 radical (unpaired) electrons. The zero-order chi connectivity index (χ0) is 15.7. The number of rotatable bonds is 3. The molecule has 120 valence electrons. The lowest BCUT2D eigenvalue weighted by Crippen LogP contribution is -2.59. The highest BCUT2D eigenvalue weighted by Gasteiger charge is 2.44. The predicted octanol–water partition coefficient (Wildman–Crippen LogP) is -0.634. The van der Waals surface area contributed by atoms with Gasteiger partial charge in [0.1, 0.15) is 5.75 Å². The molecule has 0 saturated carbocycles. The molecule has 1 amide bonds. The van der Waals surface area contributed by atoms with Crippen LogP contribution in [0.1, 0.15) is 5.69 Å². The molecule has 3 rings (SSSR count). The summed E-state index contributed by atoms with van der Waals surface area (Å²) in [5, 5.41) is 3.18. The Morgan fingerprint density at radius 1 is 1.45 bits per heavy atom. The fourth-order valence-electron chi connectivity index (χ4n) is 2.94. The number of aryl methyl sites for hydroxylation is 1. The molecule has 0 unspecified atom stereocenters. The van der Waals surface area contributed by atoms with E-state index in [1.54, 1.807) is 17.2 Å². The van der Waals surface area contributed by atoms with Crippen LogP contribution in [0.5, 0.6) is 5.75 Å². The van der Waals surface area contributed by atoms with Crippen LogP contribution in [0.2, 0.25) is 0 Å². The maximum atomic E-state index is 12.3. The summed E-state index contributed by atoms with van der Waals surface area (Å²) >= 11 is 0. The number of nitrogens with zero attached hydrogens (tertiary/aromatic N) is 2. The molecule has 1 N–H and O–H groups in total. The number of carbonyl (C=O) groups excluding carboxylic acids is 1.